The minimum atomic E-state index is -0.453. The van der Waals surface area contributed by atoms with Gasteiger partial charge in [-0.15, -0.1) is 11.8 Å². The Kier molecular flexibility index (Phi) is 7.12. The molecule has 1 amide bonds. The summed E-state index contributed by atoms with van der Waals surface area (Å²) in [7, 11) is 0. The number of carbonyl (C=O) groups is 1. The monoisotopic (exact) mass is 376 g/mol. The van der Waals surface area contributed by atoms with Crippen LogP contribution in [0.25, 0.3) is 0 Å². The van der Waals surface area contributed by atoms with Gasteiger partial charge in [-0.05, 0) is 23.8 Å². The predicted octanol–water partition coefficient (Wildman–Crippen LogP) is 3.74. The molecule has 0 aliphatic rings. The smallest absolute Gasteiger partial charge is 0.263 e. The molecular weight excluding hydrogens is 359 g/mol. The van der Waals surface area contributed by atoms with E-state index in [1.165, 1.54) is 16.8 Å². The second-order valence-electron chi connectivity index (χ2n) is 5.35. The Labute approximate surface area is 156 Å². The summed E-state index contributed by atoms with van der Waals surface area (Å²) in [5, 5.41) is 3.59. The molecule has 0 unspecified atom stereocenters. The van der Waals surface area contributed by atoms with E-state index in [-0.39, 0.29) is 12.1 Å². The summed E-state index contributed by atoms with van der Waals surface area (Å²) < 4.78 is 1.40. The highest BCUT2D eigenvalue weighted by Gasteiger charge is 2.14. The summed E-state index contributed by atoms with van der Waals surface area (Å²) in [5.74, 6) is 5.40. The Morgan fingerprint density at radius 3 is 2.72 bits per heavy atom. The third-order valence-electron chi connectivity index (χ3n) is 3.38. The lowest BCUT2D eigenvalue weighted by Crippen LogP contribution is -2.33. The van der Waals surface area contributed by atoms with Crippen LogP contribution in [0.15, 0.2) is 41.3 Å². The number of aromatic nitrogens is 1. The Balaban J connectivity index is 2.18. The number of rotatable bonds is 5. The molecule has 0 radical (unpaired) electrons. The average Bonchev–Trinajstić information content (AvgIpc) is 2.57. The molecule has 0 bridgehead atoms. The summed E-state index contributed by atoms with van der Waals surface area (Å²) in [6, 6.07) is 8.56. The molecule has 1 aromatic heterocycles. The third-order valence-corrected chi connectivity index (χ3v) is 3.82. The summed E-state index contributed by atoms with van der Waals surface area (Å²) >= 11 is 12.0. The van der Waals surface area contributed by atoms with E-state index < -0.39 is 11.5 Å². The predicted molar refractivity (Wildman–Crippen MR) is 101 cm³/mol. The summed E-state index contributed by atoms with van der Waals surface area (Å²) in [6.07, 6.45) is 2.82. The molecule has 1 heterocycles. The third kappa shape index (κ3) is 5.67. The van der Waals surface area contributed by atoms with Crippen molar-refractivity contribution in [2.45, 2.75) is 26.3 Å². The number of pyridine rings is 1. The summed E-state index contributed by atoms with van der Waals surface area (Å²) in [4.78, 5) is 24.8. The van der Waals surface area contributed by atoms with Crippen molar-refractivity contribution in [2.75, 3.05) is 6.54 Å². The van der Waals surface area contributed by atoms with E-state index in [0.717, 1.165) is 12.0 Å². The van der Waals surface area contributed by atoms with Crippen molar-refractivity contribution in [3.05, 3.63) is 68.1 Å². The maximum Gasteiger partial charge on any atom is 0.263 e. The van der Waals surface area contributed by atoms with E-state index in [1.807, 2.05) is 13.0 Å². The topological polar surface area (TPSA) is 51.1 Å². The Morgan fingerprint density at radius 2 is 2.00 bits per heavy atom. The molecule has 1 aromatic carbocycles. The molecule has 0 aliphatic heterocycles. The largest absolute Gasteiger partial charge is 0.351 e. The molecule has 1 N–H and O–H groups in total. The molecule has 6 heteroatoms. The van der Waals surface area contributed by atoms with Crippen molar-refractivity contribution in [3.63, 3.8) is 0 Å². The molecule has 0 saturated heterocycles. The van der Waals surface area contributed by atoms with E-state index in [2.05, 4.69) is 17.2 Å². The number of carbonyl (C=O) groups excluding carboxylic acids is 1. The summed E-state index contributed by atoms with van der Waals surface area (Å²) in [6.45, 7) is 2.62. The second-order valence-corrected chi connectivity index (χ2v) is 6.22. The van der Waals surface area contributed by atoms with Crippen molar-refractivity contribution >= 4 is 29.1 Å². The Hall–Kier alpha value is -2.22. The van der Waals surface area contributed by atoms with Crippen molar-refractivity contribution in [2.24, 2.45) is 0 Å². The van der Waals surface area contributed by atoms with Gasteiger partial charge in [0.25, 0.3) is 11.5 Å². The van der Waals surface area contributed by atoms with Crippen LogP contribution in [0.5, 0.6) is 0 Å². The number of nitrogens with zero attached hydrogens (tertiary/aromatic N) is 1. The first-order valence-corrected chi connectivity index (χ1v) is 8.65. The minimum Gasteiger partial charge on any atom is -0.351 e. The van der Waals surface area contributed by atoms with Gasteiger partial charge in [0.2, 0.25) is 0 Å². The highest BCUT2D eigenvalue weighted by atomic mass is 35.5. The van der Waals surface area contributed by atoms with E-state index in [4.69, 9.17) is 23.2 Å². The van der Waals surface area contributed by atoms with Crippen LogP contribution >= 0.6 is 23.2 Å². The lowest BCUT2D eigenvalue weighted by atomic mass is 10.2. The van der Waals surface area contributed by atoms with Crippen LogP contribution in [-0.4, -0.2) is 17.0 Å². The zero-order valence-electron chi connectivity index (χ0n) is 13.8. The molecule has 2 aromatic rings. The van der Waals surface area contributed by atoms with E-state index in [0.29, 0.717) is 23.0 Å². The minimum absolute atomic E-state index is 0.0120. The Bertz CT molecular complexity index is 879. The Morgan fingerprint density at radius 1 is 1.20 bits per heavy atom. The van der Waals surface area contributed by atoms with Gasteiger partial charge in [0, 0.05) is 30.6 Å². The lowest BCUT2D eigenvalue weighted by molar-refractivity contribution is 0.0952. The van der Waals surface area contributed by atoms with Crippen molar-refractivity contribution in [3.8, 4) is 11.8 Å². The summed E-state index contributed by atoms with van der Waals surface area (Å²) in [5.41, 5.74) is 0.456. The van der Waals surface area contributed by atoms with Crippen LogP contribution < -0.4 is 10.9 Å². The molecule has 0 fully saturated rings. The zero-order valence-corrected chi connectivity index (χ0v) is 15.3. The van der Waals surface area contributed by atoms with Gasteiger partial charge in [-0.25, -0.2) is 0 Å². The quantitative estimate of drug-likeness (QED) is 0.638. The van der Waals surface area contributed by atoms with Gasteiger partial charge >= 0.3 is 0 Å². The maximum atomic E-state index is 12.6. The fraction of sp³-hybridized carbons (Fsp3) is 0.263. The van der Waals surface area contributed by atoms with Gasteiger partial charge in [-0.2, -0.15) is 0 Å². The first-order chi connectivity index (χ1) is 12.0. The molecular formula is C19H18Cl2N2O2. The molecule has 130 valence electrons. The number of amides is 1. The van der Waals surface area contributed by atoms with Gasteiger partial charge < -0.3 is 9.88 Å². The number of nitrogens with one attached hydrogen (secondary N) is 1. The standard InChI is InChI=1S/C19H18Cl2N2O2/c1-2-3-4-5-9-22-18(24)17-11-16(21)13-23(19(17)25)12-14-7-6-8-15(20)10-14/h6-8,10-11,13H,2,5,9,12H2,1H3,(H,22,24). The number of benzene rings is 1. The highest BCUT2D eigenvalue weighted by Crippen LogP contribution is 2.13. The van der Waals surface area contributed by atoms with E-state index >= 15 is 0 Å². The lowest BCUT2D eigenvalue weighted by Gasteiger charge is -2.10. The second kappa shape index (κ2) is 9.31. The number of halogens is 2. The molecule has 25 heavy (non-hydrogen) atoms. The number of hydrogen-bond donors (Lipinski definition) is 1. The van der Waals surface area contributed by atoms with Crippen molar-refractivity contribution in [1.82, 2.24) is 9.88 Å². The molecule has 0 saturated carbocycles. The van der Waals surface area contributed by atoms with Crippen molar-refractivity contribution in [1.29, 1.82) is 0 Å². The van der Waals surface area contributed by atoms with Gasteiger partial charge in [0.05, 0.1) is 11.6 Å². The highest BCUT2D eigenvalue weighted by molar-refractivity contribution is 6.31. The maximum absolute atomic E-state index is 12.6. The van der Waals surface area contributed by atoms with Crippen LogP contribution in [0, 0.1) is 11.8 Å². The molecule has 0 spiro atoms. The SMILES string of the molecule is CCC#CCCNC(=O)c1cc(Cl)cn(Cc2cccc(Cl)c2)c1=O. The first-order valence-electron chi connectivity index (χ1n) is 7.89. The fourth-order valence-corrected chi connectivity index (χ4v) is 2.70. The van der Waals surface area contributed by atoms with Crippen LogP contribution in [0.3, 0.4) is 0 Å². The van der Waals surface area contributed by atoms with Gasteiger partial charge in [-0.1, -0.05) is 42.3 Å². The van der Waals surface area contributed by atoms with Crippen LogP contribution in [0.1, 0.15) is 35.7 Å². The number of hydrogen-bond acceptors (Lipinski definition) is 2. The van der Waals surface area contributed by atoms with Crippen LogP contribution in [0.4, 0.5) is 0 Å². The van der Waals surface area contributed by atoms with E-state index in [1.54, 1.807) is 18.2 Å². The van der Waals surface area contributed by atoms with Gasteiger partial charge in [0.15, 0.2) is 0 Å². The average molecular weight is 377 g/mol. The van der Waals surface area contributed by atoms with E-state index in [9.17, 15) is 9.59 Å². The molecule has 0 aliphatic carbocycles. The van der Waals surface area contributed by atoms with Crippen LogP contribution in [-0.2, 0) is 6.54 Å². The van der Waals surface area contributed by atoms with Gasteiger partial charge in [-0.3, -0.25) is 9.59 Å². The molecule has 2 rings (SSSR count). The first kappa shape index (κ1) is 19.1. The fourth-order valence-electron chi connectivity index (χ4n) is 2.26. The molecule has 4 nitrogen and oxygen atoms in total. The van der Waals surface area contributed by atoms with Crippen LogP contribution in [0.2, 0.25) is 10.0 Å². The van der Waals surface area contributed by atoms with Gasteiger partial charge in [0.1, 0.15) is 5.56 Å². The normalized spacial score (nSPS) is 10.0. The van der Waals surface area contributed by atoms with Crippen molar-refractivity contribution < 1.29 is 4.79 Å². The zero-order chi connectivity index (χ0) is 18.2. The molecule has 0 atom stereocenters.